The van der Waals surface area contributed by atoms with Crippen molar-refractivity contribution in [1.29, 1.82) is 0 Å². The number of nitrogens with one attached hydrogen (secondary N) is 2. The van der Waals surface area contributed by atoms with Crippen LogP contribution in [0.15, 0.2) is 17.6 Å². The summed E-state index contributed by atoms with van der Waals surface area (Å²) in [4.78, 5) is 41.9. The number of halogens is 1. The zero-order valence-corrected chi connectivity index (χ0v) is 20.2. The summed E-state index contributed by atoms with van der Waals surface area (Å²) in [5.41, 5.74) is 1.55. The highest BCUT2D eigenvalue weighted by Gasteiger charge is 2.21. The summed E-state index contributed by atoms with van der Waals surface area (Å²) in [5, 5.41) is 8.46. The number of piperazine rings is 1. The van der Waals surface area contributed by atoms with Crippen molar-refractivity contribution >= 4 is 68.5 Å². The maximum absolute atomic E-state index is 12.6. The molecule has 0 aliphatic carbocycles. The largest absolute Gasteiger partial charge is 0.353 e. The van der Waals surface area contributed by atoms with Crippen LogP contribution in [-0.4, -0.2) is 57.8 Å². The summed E-state index contributed by atoms with van der Waals surface area (Å²) < 4.78 is 0.548. The van der Waals surface area contributed by atoms with Crippen LogP contribution in [0.1, 0.15) is 28.0 Å². The number of aromatic nitrogens is 3. The molecule has 0 aromatic carbocycles. The van der Waals surface area contributed by atoms with Crippen LogP contribution in [0.25, 0.3) is 0 Å². The van der Waals surface area contributed by atoms with Gasteiger partial charge >= 0.3 is 0 Å². The van der Waals surface area contributed by atoms with Crippen LogP contribution in [0.3, 0.4) is 0 Å². The molecule has 3 aromatic heterocycles. The van der Waals surface area contributed by atoms with Crippen molar-refractivity contribution in [3.8, 4) is 0 Å². The van der Waals surface area contributed by atoms with Gasteiger partial charge in [-0.25, -0.2) is 15.0 Å². The highest BCUT2D eigenvalue weighted by Crippen LogP contribution is 2.33. The number of thiazole rings is 1. The van der Waals surface area contributed by atoms with E-state index < -0.39 is 0 Å². The fourth-order valence-corrected chi connectivity index (χ4v) is 5.09. The zero-order valence-electron chi connectivity index (χ0n) is 17.8. The van der Waals surface area contributed by atoms with Gasteiger partial charge in [0.05, 0.1) is 11.9 Å². The van der Waals surface area contributed by atoms with Crippen LogP contribution >= 0.6 is 34.3 Å². The third-order valence-electron chi connectivity index (χ3n) is 5.01. The molecule has 4 heterocycles. The highest BCUT2D eigenvalue weighted by molar-refractivity contribution is 7.17. The number of nitrogens with zero attached hydrogens (tertiary/aromatic N) is 5. The van der Waals surface area contributed by atoms with Crippen LogP contribution < -0.4 is 15.5 Å². The van der Waals surface area contributed by atoms with Gasteiger partial charge in [-0.1, -0.05) is 22.9 Å². The fourth-order valence-electron chi connectivity index (χ4n) is 3.31. The lowest BCUT2D eigenvalue weighted by Crippen LogP contribution is -2.48. The van der Waals surface area contributed by atoms with Crippen LogP contribution in [0, 0.1) is 13.8 Å². The number of hydrogen-bond acceptors (Lipinski definition) is 9. The number of amides is 2. The molecule has 2 N–H and O–H groups in total. The molecular formula is C20H22ClN7O2S2. The molecule has 9 nitrogen and oxygen atoms in total. The van der Waals surface area contributed by atoms with Gasteiger partial charge in [0.25, 0.3) is 5.91 Å². The van der Waals surface area contributed by atoms with Crippen molar-refractivity contribution in [2.24, 2.45) is 0 Å². The lowest BCUT2D eigenvalue weighted by Gasteiger charge is -2.35. The highest BCUT2D eigenvalue weighted by atomic mass is 35.5. The fraction of sp³-hybridized carbons (Fsp3) is 0.350. The van der Waals surface area contributed by atoms with Gasteiger partial charge in [0, 0.05) is 39.2 Å². The molecule has 1 aliphatic rings. The van der Waals surface area contributed by atoms with Crippen LogP contribution in [0.2, 0.25) is 4.34 Å². The monoisotopic (exact) mass is 491 g/mol. The number of thiophene rings is 1. The van der Waals surface area contributed by atoms with Crippen molar-refractivity contribution in [2.75, 3.05) is 41.7 Å². The quantitative estimate of drug-likeness (QED) is 0.557. The molecule has 3 aromatic rings. The Kier molecular flexibility index (Phi) is 6.58. The number of rotatable bonds is 5. The molecule has 12 heteroatoms. The van der Waals surface area contributed by atoms with Gasteiger partial charge in [-0.05, 0) is 24.8 Å². The average Bonchev–Trinajstić information content (AvgIpc) is 3.35. The van der Waals surface area contributed by atoms with Crippen LogP contribution in [0.4, 0.5) is 22.5 Å². The molecule has 0 bridgehead atoms. The molecule has 168 valence electrons. The SMILES string of the molecule is CC(=O)N1CCN(c2cc(Nc3ncc(C(=O)Nc4c(C)csc4Cl)s3)nc(C)n2)CC1. The summed E-state index contributed by atoms with van der Waals surface area (Å²) >= 11 is 8.76. The van der Waals surface area contributed by atoms with E-state index in [1.165, 1.54) is 28.9 Å². The van der Waals surface area contributed by atoms with E-state index >= 15 is 0 Å². The van der Waals surface area contributed by atoms with Gasteiger partial charge in [0.15, 0.2) is 5.13 Å². The van der Waals surface area contributed by atoms with Gasteiger partial charge in [0.2, 0.25) is 5.91 Å². The molecular weight excluding hydrogens is 470 g/mol. The van der Waals surface area contributed by atoms with Gasteiger partial charge in [0.1, 0.15) is 26.7 Å². The Hall–Kier alpha value is -2.76. The minimum Gasteiger partial charge on any atom is -0.353 e. The topological polar surface area (TPSA) is 103 Å². The second-order valence-electron chi connectivity index (χ2n) is 7.33. The molecule has 1 fully saturated rings. The summed E-state index contributed by atoms with van der Waals surface area (Å²) in [5.74, 6) is 1.84. The first-order valence-corrected chi connectivity index (χ1v) is 12.0. The minimum atomic E-state index is -0.262. The first kappa shape index (κ1) is 22.4. The molecule has 4 rings (SSSR count). The third-order valence-corrected chi connectivity index (χ3v) is 7.26. The van der Waals surface area contributed by atoms with Crippen molar-refractivity contribution < 1.29 is 9.59 Å². The Balaban J connectivity index is 1.44. The van der Waals surface area contributed by atoms with Gasteiger partial charge in [-0.15, -0.1) is 11.3 Å². The van der Waals surface area contributed by atoms with E-state index in [2.05, 4.69) is 30.5 Å². The molecule has 0 radical (unpaired) electrons. The number of carbonyl (C=O) groups excluding carboxylic acids is 2. The maximum atomic E-state index is 12.6. The Bertz CT molecular complexity index is 1140. The standard InChI is InChI=1S/C20H22ClN7O2S2/c1-11-10-31-18(21)17(11)26-19(30)14-9-22-20(32-14)25-15-8-16(24-12(2)23-15)28-6-4-27(5-7-28)13(3)29/h8-10H,4-7H2,1-3H3,(H,26,30)(H,22,23,24,25). The van der Waals surface area contributed by atoms with E-state index in [0.29, 0.717) is 57.9 Å². The molecule has 1 saturated heterocycles. The number of aryl methyl sites for hydroxylation is 2. The maximum Gasteiger partial charge on any atom is 0.267 e. The zero-order chi connectivity index (χ0) is 22.8. The smallest absolute Gasteiger partial charge is 0.267 e. The number of carbonyl (C=O) groups is 2. The normalized spacial score (nSPS) is 13.9. The van der Waals surface area contributed by atoms with E-state index in [1.807, 2.05) is 30.2 Å². The second kappa shape index (κ2) is 9.39. The Morgan fingerprint density at radius 3 is 2.56 bits per heavy atom. The first-order chi connectivity index (χ1) is 15.3. The van der Waals surface area contributed by atoms with Crippen molar-refractivity contribution in [3.63, 3.8) is 0 Å². The van der Waals surface area contributed by atoms with E-state index in [4.69, 9.17) is 11.6 Å². The Morgan fingerprint density at radius 2 is 1.91 bits per heavy atom. The summed E-state index contributed by atoms with van der Waals surface area (Å²) in [6.45, 7) is 8.06. The van der Waals surface area contributed by atoms with Gasteiger partial charge < -0.3 is 20.4 Å². The van der Waals surface area contributed by atoms with E-state index in [0.717, 1.165) is 11.4 Å². The predicted octanol–water partition coefficient (Wildman–Crippen LogP) is 3.93. The average molecular weight is 492 g/mol. The molecule has 0 saturated carbocycles. The second-order valence-corrected chi connectivity index (χ2v) is 9.84. The summed E-state index contributed by atoms with van der Waals surface area (Å²) in [6, 6.07) is 1.85. The van der Waals surface area contributed by atoms with Crippen molar-refractivity contribution in [2.45, 2.75) is 20.8 Å². The first-order valence-electron chi connectivity index (χ1n) is 9.94. The van der Waals surface area contributed by atoms with Crippen molar-refractivity contribution in [1.82, 2.24) is 19.9 Å². The van der Waals surface area contributed by atoms with Crippen LogP contribution in [0.5, 0.6) is 0 Å². The lowest BCUT2D eigenvalue weighted by atomic mass is 10.3. The molecule has 0 atom stereocenters. The molecule has 0 spiro atoms. The van der Waals surface area contributed by atoms with E-state index in [-0.39, 0.29) is 11.8 Å². The lowest BCUT2D eigenvalue weighted by molar-refractivity contribution is -0.129. The van der Waals surface area contributed by atoms with Crippen molar-refractivity contribution in [3.05, 3.63) is 38.2 Å². The molecule has 2 amide bonds. The number of hydrogen-bond donors (Lipinski definition) is 2. The summed E-state index contributed by atoms with van der Waals surface area (Å²) in [6.07, 6.45) is 1.52. The summed E-state index contributed by atoms with van der Waals surface area (Å²) in [7, 11) is 0. The molecule has 32 heavy (non-hydrogen) atoms. The Labute approximate surface area is 198 Å². The van der Waals surface area contributed by atoms with Gasteiger partial charge in [-0.3, -0.25) is 9.59 Å². The molecule has 0 unspecified atom stereocenters. The van der Waals surface area contributed by atoms with Gasteiger partial charge in [-0.2, -0.15) is 0 Å². The Morgan fingerprint density at radius 1 is 1.16 bits per heavy atom. The minimum absolute atomic E-state index is 0.0888. The third kappa shape index (κ3) is 5.00. The van der Waals surface area contributed by atoms with E-state index in [9.17, 15) is 9.59 Å². The van der Waals surface area contributed by atoms with Crippen LogP contribution in [-0.2, 0) is 4.79 Å². The molecule has 1 aliphatic heterocycles. The predicted molar refractivity (Wildman–Crippen MR) is 129 cm³/mol. The van der Waals surface area contributed by atoms with E-state index in [1.54, 1.807) is 6.92 Å². The number of anilines is 4.